The number of sulfone groups is 1. The van der Waals surface area contributed by atoms with Gasteiger partial charge in [0.2, 0.25) is 0 Å². The van der Waals surface area contributed by atoms with Gasteiger partial charge in [0.1, 0.15) is 12.4 Å². The first-order chi connectivity index (χ1) is 12.4. The topological polar surface area (TPSA) is 67.4 Å². The van der Waals surface area contributed by atoms with Gasteiger partial charge >= 0.3 is 0 Å². The van der Waals surface area contributed by atoms with E-state index in [1.165, 1.54) is 0 Å². The molecule has 1 unspecified atom stereocenters. The summed E-state index contributed by atoms with van der Waals surface area (Å²) in [7, 11) is -1.51. The van der Waals surface area contributed by atoms with Crippen LogP contribution in [0.5, 0.6) is 5.75 Å². The molecule has 0 fully saturated rings. The van der Waals surface area contributed by atoms with Crippen molar-refractivity contribution in [2.45, 2.75) is 17.4 Å². The van der Waals surface area contributed by atoms with Crippen LogP contribution in [0, 0.1) is 11.6 Å². The Morgan fingerprint density at radius 3 is 2.77 bits per heavy atom. The largest absolute Gasteiger partial charge is 0.489 e. The first-order valence-corrected chi connectivity index (χ1v) is 9.91. The van der Waals surface area contributed by atoms with Crippen molar-refractivity contribution in [2.75, 3.05) is 31.3 Å². The number of hydrogen-bond acceptors (Lipinski definition) is 5. The zero-order valence-corrected chi connectivity index (χ0v) is 15.1. The lowest BCUT2D eigenvalue weighted by Crippen LogP contribution is -2.32. The maximum atomic E-state index is 13.5. The highest BCUT2D eigenvalue weighted by Gasteiger charge is 2.30. The molecule has 2 aromatic carbocycles. The van der Waals surface area contributed by atoms with Gasteiger partial charge in [-0.05, 0) is 42.3 Å². The third-order valence-corrected chi connectivity index (χ3v) is 6.14. The van der Waals surface area contributed by atoms with Crippen LogP contribution in [0.3, 0.4) is 0 Å². The molecule has 140 valence electrons. The molecule has 0 radical (unpaired) electrons. The SMILES string of the molecule is CNc1ccc2c(c1)C(NCCOc1cc(F)ccc1F)CCS2(=O)=O. The molecule has 0 amide bonds. The molecule has 0 saturated carbocycles. The molecule has 1 atom stereocenters. The number of fused-ring (bicyclic) bond motifs is 1. The van der Waals surface area contributed by atoms with E-state index in [4.69, 9.17) is 4.74 Å². The van der Waals surface area contributed by atoms with Gasteiger partial charge in [-0.1, -0.05) is 0 Å². The fourth-order valence-corrected chi connectivity index (χ4v) is 4.59. The summed E-state index contributed by atoms with van der Waals surface area (Å²) in [6.45, 7) is 0.495. The zero-order valence-electron chi connectivity index (χ0n) is 14.3. The minimum absolute atomic E-state index is 0.0654. The maximum Gasteiger partial charge on any atom is 0.178 e. The Hall–Kier alpha value is -2.19. The van der Waals surface area contributed by atoms with Crippen molar-refractivity contribution in [3.8, 4) is 5.75 Å². The van der Waals surface area contributed by atoms with Crippen LogP contribution in [0.4, 0.5) is 14.5 Å². The van der Waals surface area contributed by atoms with Crippen molar-refractivity contribution in [3.63, 3.8) is 0 Å². The minimum Gasteiger partial charge on any atom is -0.489 e. The molecule has 1 heterocycles. The van der Waals surface area contributed by atoms with Gasteiger partial charge in [-0.3, -0.25) is 0 Å². The summed E-state index contributed by atoms with van der Waals surface area (Å²) in [5, 5.41) is 6.24. The molecule has 8 heteroatoms. The molecule has 2 aromatic rings. The second-order valence-electron chi connectivity index (χ2n) is 6.04. The predicted octanol–water partition coefficient (Wildman–Crippen LogP) is 2.89. The Morgan fingerprint density at radius 1 is 1.19 bits per heavy atom. The number of anilines is 1. The van der Waals surface area contributed by atoms with E-state index in [2.05, 4.69) is 10.6 Å². The summed E-state index contributed by atoms with van der Waals surface area (Å²) in [5.74, 6) is -1.27. The third kappa shape index (κ3) is 3.96. The molecule has 26 heavy (non-hydrogen) atoms. The fraction of sp³-hybridized carbons (Fsp3) is 0.333. The lowest BCUT2D eigenvalue weighted by Gasteiger charge is -2.27. The van der Waals surface area contributed by atoms with Crippen LogP contribution in [0.15, 0.2) is 41.3 Å². The van der Waals surface area contributed by atoms with Crippen molar-refractivity contribution in [2.24, 2.45) is 0 Å². The van der Waals surface area contributed by atoms with Gasteiger partial charge in [0, 0.05) is 31.4 Å². The second-order valence-corrected chi connectivity index (χ2v) is 8.12. The van der Waals surface area contributed by atoms with Gasteiger partial charge in [-0.25, -0.2) is 17.2 Å². The summed E-state index contributed by atoms with van der Waals surface area (Å²) in [5.41, 5.74) is 1.53. The number of benzene rings is 2. The van der Waals surface area contributed by atoms with Crippen LogP contribution in [-0.2, 0) is 9.84 Å². The Kier molecular flexibility index (Phi) is 5.43. The van der Waals surface area contributed by atoms with Crippen LogP contribution >= 0.6 is 0 Å². The summed E-state index contributed by atoms with van der Waals surface area (Å²) in [6.07, 6.45) is 0.441. The van der Waals surface area contributed by atoms with E-state index in [0.29, 0.717) is 23.4 Å². The summed E-state index contributed by atoms with van der Waals surface area (Å²) < 4.78 is 56.4. The van der Waals surface area contributed by atoms with Crippen molar-refractivity contribution < 1.29 is 21.9 Å². The highest BCUT2D eigenvalue weighted by molar-refractivity contribution is 7.91. The van der Waals surface area contributed by atoms with E-state index in [1.807, 2.05) is 6.07 Å². The van der Waals surface area contributed by atoms with Gasteiger partial charge in [-0.2, -0.15) is 0 Å². The highest BCUT2D eigenvalue weighted by Crippen LogP contribution is 2.33. The molecule has 3 rings (SSSR count). The van der Waals surface area contributed by atoms with Gasteiger partial charge in [0.15, 0.2) is 21.4 Å². The quantitative estimate of drug-likeness (QED) is 0.752. The molecule has 1 aliphatic rings. The fourth-order valence-electron chi connectivity index (χ4n) is 2.99. The Bertz CT molecular complexity index is 903. The van der Waals surface area contributed by atoms with E-state index in [-0.39, 0.29) is 24.2 Å². The predicted molar refractivity (Wildman–Crippen MR) is 95.3 cm³/mol. The Balaban J connectivity index is 1.66. The number of nitrogens with one attached hydrogen (secondary N) is 2. The van der Waals surface area contributed by atoms with Gasteiger partial charge < -0.3 is 15.4 Å². The smallest absolute Gasteiger partial charge is 0.178 e. The average molecular weight is 382 g/mol. The number of rotatable bonds is 6. The molecule has 0 bridgehead atoms. The van der Waals surface area contributed by atoms with Gasteiger partial charge in [0.25, 0.3) is 0 Å². The summed E-state index contributed by atoms with van der Waals surface area (Å²) in [6, 6.07) is 8.05. The minimum atomic E-state index is -3.27. The molecule has 2 N–H and O–H groups in total. The second kappa shape index (κ2) is 7.59. The molecule has 5 nitrogen and oxygen atoms in total. The number of halogens is 2. The number of ether oxygens (including phenoxy) is 1. The number of hydrogen-bond donors (Lipinski definition) is 2. The van der Waals surface area contributed by atoms with Crippen LogP contribution in [0.1, 0.15) is 18.0 Å². The molecular weight excluding hydrogens is 362 g/mol. The molecule has 0 aromatic heterocycles. The molecule has 1 aliphatic heterocycles. The lowest BCUT2D eigenvalue weighted by atomic mass is 10.0. The summed E-state index contributed by atoms with van der Waals surface area (Å²) >= 11 is 0. The maximum absolute atomic E-state index is 13.5. The lowest BCUT2D eigenvalue weighted by molar-refractivity contribution is 0.288. The normalized spacial score (nSPS) is 18.2. The third-order valence-electron chi connectivity index (χ3n) is 4.33. The van der Waals surface area contributed by atoms with Crippen LogP contribution in [-0.4, -0.2) is 34.4 Å². The molecule has 0 spiro atoms. The molecule has 0 aliphatic carbocycles. The zero-order chi connectivity index (χ0) is 18.7. The van der Waals surface area contributed by atoms with E-state index in [1.54, 1.807) is 19.2 Å². The van der Waals surface area contributed by atoms with Gasteiger partial charge in [0.05, 0.1) is 10.6 Å². The Labute approximate surface area is 151 Å². The summed E-state index contributed by atoms with van der Waals surface area (Å²) in [4.78, 5) is 0.331. The van der Waals surface area contributed by atoms with Crippen molar-refractivity contribution >= 4 is 15.5 Å². The highest BCUT2D eigenvalue weighted by atomic mass is 32.2. The van der Waals surface area contributed by atoms with Crippen molar-refractivity contribution in [1.82, 2.24) is 5.32 Å². The van der Waals surface area contributed by atoms with E-state index < -0.39 is 21.5 Å². The van der Waals surface area contributed by atoms with E-state index >= 15 is 0 Å². The standard InChI is InChI=1S/C18H20F2N2O3S/c1-21-13-3-5-18-14(11-13)16(6-9-26(18,23)24)22-7-8-25-17-10-12(19)2-4-15(17)20/h2-5,10-11,16,21-22H,6-9H2,1H3. The van der Waals surface area contributed by atoms with Crippen molar-refractivity contribution in [1.29, 1.82) is 0 Å². The van der Waals surface area contributed by atoms with E-state index in [9.17, 15) is 17.2 Å². The molecular formula is C18H20F2N2O3S. The monoisotopic (exact) mass is 382 g/mol. The first-order valence-electron chi connectivity index (χ1n) is 8.26. The van der Waals surface area contributed by atoms with E-state index in [0.717, 1.165) is 23.9 Å². The first kappa shape index (κ1) is 18.6. The van der Waals surface area contributed by atoms with Crippen LogP contribution in [0.2, 0.25) is 0 Å². The average Bonchev–Trinajstić information content (AvgIpc) is 2.62. The Morgan fingerprint density at radius 2 is 2.00 bits per heavy atom. The van der Waals surface area contributed by atoms with Gasteiger partial charge in [-0.15, -0.1) is 0 Å². The van der Waals surface area contributed by atoms with Crippen molar-refractivity contribution in [3.05, 3.63) is 53.6 Å². The van der Waals surface area contributed by atoms with Crippen LogP contribution in [0.25, 0.3) is 0 Å². The van der Waals surface area contributed by atoms with Crippen LogP contribution < -0.4 is 15.4 Å². The molecule has 0 saturated heterocycles.